The number of aromatic hydroxyl groups is 1. The minimum atomic E-state index is -0.602. The van der Waals surface area contributed by atoms with Crippen molar-refractivity contribution in [1.29, 1.82) is 0 Å². The number of pyridine rings is 1. The lowest BCUT2D eigenvalue weighted by Gasteiger charge is -2.10. The van der Waals surface area contributed by atoms with Crippen molar-refractivity contribution in [2.45, 2.75) is 13.3 Å². The zero-order valence-corrected chi connectivity index (χ0v) is 15.3. The summed E-state index contributed by atoms with van der Waals surface area (Å²) >= 11 is 0. The van der Waals surface area contributed by atoms with Crippen LogP contribution in [0, 0.1) is 6.92 Å². The number of carbonyl (C=O) groups excluding carboxylic acids is 1. The maximum absolute atomic E-state index is 12.2. The van der Waals surface area contributed by atoms with Crippen molar-refractivity contribution in [3.05, 3.63) is 63.6 Å². The molecular formula is C20H24N2O4. The molecule has 26 heavy (non-hydrogen) atoms. The average Bonchev–Trinajstić information content (AvgIpc) is 2.56. The van der Waals surface area contributed by atoms with Crippen LogP contribution in [0.1, 0.15) is 28.0 Å². The van der Waals surface area contributed by atoms with Crippen molar-refractivity contribution < 1.29 is 14.6 Å². The van der Waals surface area contributed by atoms with Gasteiger partial charge >= 0.3 is 0 Å². The molecule has 0 bridgehead atoms. The van der Waals surface area contributed by atoms with Gasteiger partial charge in [0.05, 0.1) is 6.61 Å². The Kier molecular flexibility index (Phi) is 6.74. The molecule has 0 amide bonds. The van der Waals surface area contributed by atoms with E-state index in [1.54, 1.807) is 13.0 Å². The normalized spacial score (nSPS) is 11.2. The van der Waals surface area contributed by atoms with Gasteiger partial charge in [0.15, 0.2) is 5.78 Å². The van der Waals surface area contributed by atoms with Gasteiger partial charge < -0.3 is 19.7 Å². The first-order valence-electron chi connectivity index (χ1n) is 8.39. The van der Waals surface area contributed by atoms with E-state index in [-0.39, 0.29) is 11.3 Å². The van der Waals surface area contributed by atoms with Gasteiger partial charge in [-0.15, -0.1) is 0 Å². The highest BCUT2D eigenvalue weighted by molar-refractivity contribution is 6.08. The Morgan fingerprint density at radius 1 is 1.31 bits per heavy atom. The maximum Gasteiger partial charge on any atom is 0.263 e. The van der Waals surface area contributed by atoms with Gasteiger partial charge in [0.1, 0.15) is 17.1 Å². The number of allylic oxidation sites excluding steroid dienone is 1. The molecule has 138 valence electrons. The van der Waals surface area contributed by atoms with E-state index < -0.39 is 11.3 Å². The molecule has 6 heteroatoms. The number of hydrogen-bond acceptors (Lipinski definition) is 5. The molecule has 0 saturated carbocycles. The molecule has 0 spiro atoms. The molecule has 0 unspecified atom stereocenters. The molecule has 0 aliphatic carbocycles. The molecule has 2 rings (SSSR count). The predicted molar refractivity (Wildman–Crippen MR) is 102 cm³/mol. The van der Waals surface area contributed by atoms with Crippen molar-refractivity contribution in [1.82, 2.24) is 9.88 Å². The third-order valence-electron chi connectivity index (χ3n) is 3.70. The fourth-order valence-electron chi connectivity index (χ4n) is 2.44. The maximum atomic E-state index is 12.2. The third kappa shape index (κ3) is 5.60. The van der Waals surface area contributed by atoms with Crippen LogP contribution in [0.15, 0.2) is 41.2 Å². The van der Waals surface area contributed by atoms with Crippen molar-refractivity contribution in [3.63, 3.8) is 0 Å². The lowest BCUT2D eigenvalue weighted by molar-refractivity contribution is 0.104. The molecule has 0 fully saturated rings. The molecule has 0 atom stereocenters. The number of ketones is 1. The molecule has 6 nitrogen and oxygen atoms in total. The minimum Gasteiger partial charge on any atom is -0.507 e. The summed E-state index contributed by atoms with van der Waals surface area (Å²) in [4.78, 5) is 28.7. The van der Waals surface area contributed by atoms with Crippen molar-refractivity contribution in [2.24, 2.45) is 0 Å². The van der Waals surface area contributed by atoms with Crippen molar-refractivity contribution in [3.8, 4) is 11.5 Å². The number of nitrogens with zero attached hydrogens (tertiary/aromatic N) is 1. The summed E-state index contributed by atoms with van der Waals surface area (Å²) in [6, 6.07) is 8.69. The van der Waals surface area contributed by atoms with Crippen molar-refractivity contribution >= 4 is 11.9 Å². The average molecular weight is 356 g/mol. The molecule has 1 aromatic carbocycles. The monoisotopic (exact) mass is 356 g/mol. The molecular weight excluding hydrogens is 332 g/mol. The molecule has 1 heterocycles. The van der Waals surface area contributed by atoms with E-state index in [0.717, 1.165) is 24.3 Å². The summed E-state index contributed by atoms with van der Waals surface area (Å²) in [5.41, 5.74) is 0.400. The van der Waals surface area contributed by atoms with E-state index in [9.17, 15) is 14.7 Å². The lowest BCUT2D eigenvalue weighted by atomic mass is 10.1. The molecule has 1 aromatic heterocycles. The van der Waals surface area contributed by atoms with E-state index in [0.29, 0.717) is 12.3 Å². The molecule has 0 saturated heterocycles. The Labute approximate surface area is 152 Å². The molecule has 2 aromatic rings. The number of aromatic nitrogens is 1. The Balaban J connectivity index is 2.05. The van der Waals surface area contributed by atoms with E-state index in [1.807, 2.05) is 38.4 Å². The van der Waals surface area contributed by atoms with Crippen LogP contribution in [0.25, 0.3) is 6.08 Å². The van der Waals surface area contributed by atoms with E-state index >= 15 is 0 Å². The number of aryl methyl sites for hydroxylation is 1. The topological polar surface area (TPSA) is 82.6 Å². The fourth-order valence-corrected chi connectivity index (χ4v) is 2.44. The van der Waals surface area contributed by atoms with Crippen LogP contribution in [-0.4, -0.2) is 48.0 Å². The summed E-state index contributed by atoms with van der Waals surface area (Å²) in [6.07, 6.45) is 3.78. The molecule has 0 radical (unpaired) electrons. The first-order chi connectivity index (χ1) is 12.4. The van der Waals surface area contributed by atoms with Crippen LogP contribution in [0.5, 0.6) is 11.5 Å². The Hall–Kier alpha value is -2.86. The lowest BCUT2D eigenvalue weighted by Crippen LogP contribution is -2.17. The van der Waals surface area contributed by atoms with Gasteiger partial charge in [-0.25, -0.2) is 0 Å². The number of rotatable bonds is 8. The smallest absolute Gasteiger partial charge is 0.263 e. The number of H-pyrrole nitrogens is 1. The second-order valence-electron chi connectivity index (χ2n) is 6.32. The highest BCUT2D eigenvalue weighted by Gasteiger charge is 2.13. The number of benzene rings is 1. The second-order valence-corrected chi connectivity index (χ2v) is 6.32. The first kappa shape index (κ1) is 19.5. The van der Waals surface area contributed by atoms with Crippen LogP contribution in [0.3, 0.4) is 0 Å². The Morgan fingerprint density at radius 2 is 2.08 bits per heavy atom. The zero-order chi connectivity index (χ0) is 19.1. The number of ether oxygens (including phenoxy) is 1. The minimum absolute atomic E-state index is 0.261. The highest BCUT2D eigenvalue weighted by Crippen LogP contribution is 2.17. The number of carbonyl (C=O) groups is 1. The number of hydrogen-bond donors (Lipinski definition) is 2. The number of nitrogens with one attached hydrogen (secondary N) is 1. The van der Waals surface area contributed by atoms with Crippen LogP contribution in [0.4, 0.5) is 0 Å². The van der Waals surface area contributed by atoms with Crippen molar-refractivity contribution in [2.75, 3.05) is 27.2 Å². The summed E-state index contributed by atoms with van der Waals surface area (Å²) < 4.78 is 5.70. The van der Waals surface area contributed by atoms with Gasteiger partial charge in [-0.05, 0) is 57.3 Å². The zero-order valence-electron chi connectivity index (χ0n) is 15.3. The SMILES string of the molecule is Cc1cc(O)c(C(=O)C=Cc2cccc(OCCCN(C)C)c2)c(=O)[nH]1. The summed E-state index contributed by atoms with van der Waals surface area (Å²) in [7, 11) is 4.03. The van der Waals surface area contributed by atoms with Crippen LogP contribution in [-0.2, 0) is 0 Å². The summed E-state index contributed by atoms with van der Waals surface area (Å²) in [5, 5.41) is 9.85. The van der Waals surface area contributed by atoms with Gasteiger partial charge in [0.25, 0.3) is 5.56 Å². The Bertz CT molecular complexity index is 853. The quantitative estimate of drug-likeness (QED) is 0.432. The van der Waals surface area contributed by atoms with E-state index in [2.05, 4.69) is 9.88 Å². The standard InChI is InChI=1S/C20H24N2O4/c1-14-12-18(24)19(20(25)21-14)17(23)9-8-15-6-4-7-16(13-15)26-11-5-10-22(2)3/h4,6-9,12-13H,5,10-11H2,1-3H3,(H2,21,24,25). The van der Waals surface area contributed by atoms with Crippen LogP contribution in [0.2, 0.25) is 0 Å². The third-order valence-corrected chi connectivity index (χ3v) is 3.70. The number of aromatic amines is 1. The van der Waals surface area contributed by atoms with Gasteiger partial charge in [-0.2, -0.15) is 0 Å². The van der Waals surface area contributed by atoms with Gasteiger partial charge in [-0.3, -0.25) is 9.59 Å². The highest BCUT2D eigenvalue weighted by atomic mass is 16.5. The van der Waals surface area contributed by atoms with Crippen LogP contribution < -0.4 is 10.3 Å². The Morgan fingerprint density at radius 3 is 2.77 bits per heavy atom. The van der Waals surface area contributed by atoms with Gasteiger partial charge in [0, 0.05) is 12.2 Å². The fraction of sp³-hybridized carbons (Fsp3) is 0.300. The van der Waals surface area contributed by atoms with E-state index in [1.165, 1.54) is 12.1 Å². The largest absolute Gasteiger partial charge is 0.507 e. The molecule has 0 aliphatic heterocycles. The predicted octanol–water partition coefficient (Wildman–Crippen LogP) is 2.62. The second kappa shape index (κ2) is 9.01. The van der Waals surface area contributed by atoms with E-state index in [4.69, 9.17) is 4.74 Å². The molecule has 0 aliphatic rings. The molecule has 2 N–H and O–H groups in total. The van der Waals surface area contributed by atoms with Gasteiger partial charge in [0.2, 0.25) is 0 Å². The first-order valence-corrected chi connectivity index (χ1v) is 8.39. The summed E-state index contributed by atoms with van der Waals surface area (Å²) in [6.45, 7) is 3.19. The van der Waals surface area contributed by atoms with Gasteiger partial charge in [-0.1, -0.05) is 18.2 Å². The summed E-state index contributed by atoms with van der Waals surface area (Å²) in [5.74, 6) is -0.158. The van der Waals surface area contributed by atoms with Crippen LogP contribution >= 0.6 is 0 Å².